The average Bonchev–Trinajstić information content (AvgIpc) is 2.77. The Morgan fingerprint density at radius 3 is 2.42 bits per heavy atom. The van der Waals surface area contributed by atoms with Crippen LogP contribution in [0.25, 0.3) is 11.1 Å². The summed E-state index contributed by atoms with van der Waals surface area (Å²) >= 11 is 5.63. The Hall–Kier alpha value is -3.18. The monoisotopic (exact) mass is 484 g/mol. The number of benzene rings is 1. The molecule has 1 aromatic carbocycles. The van der Waals surface area contributed by atoms with Crippen molar-refractivity contribution in [2.45, 2.75) is 24.9 Å². The Balaban J connectivity index is 1.80. The highest BCUT2D eigenvalue weighted by atomic mass is 35.5. The highest BCUT2D eigenvalue weighted by Gasteiger charge is 2.38. The lowest BCUT2D eigenvalue weighted by molar-refractivity contribution is -0.146. The highest BCUT2D eigenvalue weighted by molar-refractivity contribution is 6.28. The Labute approximate surface area is 188 Å². The summed E-state index contributed by atoms with van der Waals surface area (Å²) in [6.07, 6.45) is 1.89. The van der Waals surface area contributed by atoms with Gasteiger partial charge < -0.3 is 10.1 Å². The van der Waals surface area contributed by atoms with Gasteiger partial charge in [0.15, 0.2) is 11.6 Å². The number of hydrogen-bond donors (Lipinski definition) is 1. The number of aromatic nitrogens is 3. The number of nitrogens with one attached hydrogen (secondary N) is 1. The first-order valence-electron chi connectivity index (χ1n) is 9.57. The first-order chi connectivity index (χ1) is 15.6. The van der Waals surface area contributed by atoms with E-state index < -0.39 is 48.4 Å². The number of alkyl halides is 2. The van der Waals surface area contributed by atoms with Crippen molar-refractivity contribution < 1.29 is 31.5 Å². The number of pyridine rings is 1. The van der Waals surface area contributed by atoms with Crippen LogP contribution in [-0.2, 0) is 4.74 Å². The Bertz CT molecular complexity index is 1200. The molecule has 1 aliphatic rings. The van der Waals surface area contributed by atoms with Crippen molar-refractivity contribution in [1.82, 2.24) is 15.0 Å². The molecule has 0 radical (unpaired) electrons. The smallest absolute Gasteiger partial charge is 0.271 e. The van der Waals surface area contributed by atoms with E-state index in [9.17, 15) is 26.7 Å². The van der Waals surface area contributed by atoms with E-state index in [1.54, 1.807) is 0 Å². The second-order valence-corrected chi connectivity index (χ2v) is 7.59. The molecule has 1 atom stereocenters. The van der Waals surface area contributed by atoms with Gasteiger partial charge in [0.1, 0.15) is 18.5 Å². The van der Waals surface area contributed by atoms with Crippen molar-refractivity contribution in [3.05, 3.63) is 70.8 Å². The van der Waals surface area contributed by atoms with E-state index in [2.05, 4.69) is 20.3 Å². The fourth-order valence-corrected chi connectivity index (χ4v) is 3.46. The zero-order valence-electron chi connectivity index (χ0n) is 16.6. The van der Waals surface area contributed by atoms with E-state index >= 15 is 0 Å². The van der Waals surface area contributed by atoms with Gasteiger partial charge in [-0.1, -0.05) is 0 Å². The minimum Gasteiger partial charge on any atom is -0.366 e. The van der Waals surface area contributed by atoms with Crippen LogP contribution in [0.1, 0.15) is 35.0 Å². The molecule has 0 aliphatic carbocycles. The SMILES string of the molecule is O=C(Nc1c(-c2cc(F)c(F)cc2F)ccnc1C1CCC(F)(F)CO1)c1cnc(Cl)nc1. The maximum Gasteiger partial charge on any atom is 0.271 e. The summed E-state index contributed by atoms with van der Waals surface area (Å²) in [7, 11) is 0. The number of halogens is 6. The molecule has 6 nitrogen and oxygen atoms in total. The second kappa shape index (κ2) is 8.99. The van der Waals surface area contributed by atoms with Crippen molar-refractivity contribution in [2.24, 2.45) is 0 Å². The van der Waals surface area contributed by atoms with E-state index in [0.29, 0.717) is 12.1 Å². The summed E-state index contributed by atoms with van der Waals surface area (Å²) in [6, 6.07) is 2.26. The zero-order valence-corrected chi connectivity index (χ0v) is 17.3. The number of hydrogen-bond acceptors (Lipinski definition) is 5. The fourth-order valence-electron chi connectivity index (χ4n) is 3.36. The van der Waals surface area contributed by atoms with Crippen LogP contribution in [0.4, 0.5) is 27.6 Å². The quantitative estimate of drug-likeness (QED) is 0.307. The number of nitrogens with zero attached hydrogens (tertiary/aromatic N) is 3. The molecule has 1 saturated heterocycles. The van der Waals surface area contributed by atoms with Crippen LogP contribution in [0.15, 0.2) is 36.8 Å². The van der Waals surface area contributed by atoms with E-state index in [0.717, 1.165) is 12.4 Å². The standard InChI is InChI=1S/C21H14ClF5N4O2/c22-20-29-7-10(8-30-20)19(32)31-17-11(12-5-14(24)15(25)6-13(12)23)2-4-28-18(17)16-1-3-21(26,27)9-33-16/h2,4-8,16H,1,3,9H2,(H,31,32). The average molecular weight is 485 g/mol. The molecular formula is C21H14ClF5N4O2. The summed E-state index contributed by atoms with van der Waals surface area (Å²) in [5.74, 6) is -7.60. The van der Waals surface area contributed by atoms with E-state index in [1.165, 1.54) is 12.3 Å². The maximum atomic E-state index is 14.6. The summed E-state index contributed by atoms with van der Waals surface area (Å²) in [5.41, 5.74) is -0.545. The maximum absolute atomic E-state index is 14.6. The minimum atomic E-state index is -3.02. The van der Waals surface area contributed by atoms with Crippen molar-refractivity contribution >= 4 is 23.2 Å². The molecule has 1 N–H and O–H groups in total. The van der Waals surface area contributed by atoms with Crippen LogP contribution < -0.4 is 5.32 Å². The number of rotatable bonds is 4. The first-order valence-corrected chi connectivity index (χ1v) is 9.94. The molecule has 3 aromatic rings. The van der Waals surface area contributed by atoms with Gasteiger partial charge in [0, 0.05) is 42.2 Å². The molecule has 0 spiro atoms. The predicted octanol–water partition coefficient (Wildman–Crippen LogP) is 5.35. The molecule has 33 heavy (non-hydrogen) atoms. The fraction of sp³-hybridized carbons (Fsp3) is 0.238. The second-order valence-electron chi connectivity index (χ2n) is 7.25. The molecule has 4 rings (SSSR count). The zero-order chi connectivity index (χ0) is 23.8. The molecule has 3 heterocycles. The third-order valence-corrected chi connectivity index (χ3v) is 5.17. The molecule has 0 bridgehead atoms. The van der Waals surface area contributed by atoms with Crippen LogP contribution in [0.2, 0.25) is 5.28 Å². The number of carbonyl (C=O) groups is 1. The van der Waals surface area contributed by atoms with Crippen molar-refractivity contribution in [1.29, 1.82) is 0 Å². The van der Waals surface area contributed by atoms with Crippen LogP contribution in [-0.4, -0.2) is 33.4 Å². The first kappa shape index (κ1) is 23.0. The number of amides is 1. The Kier molecular flexibility index (Phi) is 6.26. The van der Waals surface area contributed by atoms with Gasteiger partial charge >= 0.3 is 0 Å². The molecule has 0 saturated carbocycles. The molecular weight excluding hydrogens is 471 g/mol. The van der Waals surface area contributed by atoms with Crippen LogP contribution in [0, 0.1) is 17.5 Å². The van der Waals surface area contributed by atoms with E-state index in [4.69, 9.17) is 16.3 Å². The molecule has 2 aromatic heterocycles. The van der Waals surface area contributed by atoms with Gasteiger partial charge in [0.05, 0.1) is 16.9 Å². The molecule has 1 amide bonds. The normalized spacial score (nSPS) is 17.6. The predicted molar refractivity (Wildman–Crippen MR) is 107 cm³/mol. The van der Waals surface area contributed by atoms with Crippen LogP contribution in [0.3, 0.4) is 0 Å². The Morgan fingerprint density at radius 2 is 1.76 bits per heavy atom. The van der Waals surface area contributed by atoms with Gasteiger partial charge in [-0.3, -0.25) is 9.78 Å². The van der Waals surface area contributed by atoms with Crippen molar-refractivity contribution in [3.8, 4) is 11.1 Å². The lowest BCUT2D eigenvalue weighted by Crippen LogP contribution is -2.31. The third-order valence-electron chi connectivity index (χ3n) is 4.97. The molecule has 1 aliphatic heterocycles. The van der Waals surface area contributed by atoms with Gasteiger partial charge in [0.2, 0.25) is 5.28 Å². The minimum absolute atomic E-state index is 0.0235. The highest BCUT2D eigenvalue weighted by Crippen LogP contribution is 2.41. The molecule has 1 fully saturated rings. The topological polar surface area (TPSA) is 77.0 Å². The lowest BCUT2D eigenvalue weighted by atomic mass is 9.97. The van der Waals surface area contributed by atoms with Gasteiger partial charge in [-0.05, 0) is 30.2 Å². The summed E-state index contributed by atoms with van der Waals surface area (Å²) < 4.78 is 74.3. The third kappa shape index (κ3) is 4.93. The molecule has 172 valence electrons. The largest absolute Gasteiger partial charge is 0.366 e. The Morgan fingerprint density at radius 1 is 1.06 bits per heavy atom. The van der Waals surface area contributed by atoms with Crippen molar-refractivity contribution in [2.75, 3.05) is 11.9 Å². The lowest BCUT2D eigenvalue weighted by Gasteiger charge is -2.30. The molecule has 1 unspecified atom stereocenters. The number of ether oxygens (including phenoxy) is 1. The number of carbonyl (C=O) groups excluding carboxylic acids is 1. The summed E-state index contributed by atoms with van der Waals surface area (Å²) in [4.78, 5) is 24.4. The number of anilines is 1. The molecule has 12 heteroatoms. The van der Waals surface area contributed by atoms with Crippen molar-refractivity contribution in [3.63, 3.8) is 0 Å². The van der Waals surface area contributed by atoms with E-state index in [-0.39, 0.29) is 39.8 Å². The van der Waals surface area contributed by atoms with Crippen LogP contribution >= 0.6 is 11.6 Å². The summed E-state index contributed by atoms with van der Waals surface area (Å²) in [5, 5.41) is 2.42. The van der Waals surface area contributed by atoms with Crippen LogP contribution in [0.5, 0.6) is 0 Å². The van der Waals surface area contributed by atoms with Gasteiger partial charge in [0.25, 0.3) is 11.8 Å². The van der Waals surface area contributed by atoms with E-state index in [1.807, 2.05) is 0 Å². The van der Waals surface area contributed by atoms with Gasteiger partial charge in [-0.15, -0.1) is 0 Å². The van der Waals surface area contributed by atoms with Gasteiger partial charge in [-0.25, -0.2) is 31.9 Å². The summed E-state index contributed by atoms with van der Waals surface area (Å²) in [6.45, 7) is -0.873. The van der Waals surface area contributed by atoms with Gasteiger partial charge in [-0.2, -0.15) is 0 Å².